The fourth-order valence-electron chi connectivity index (χ4n) is 4.72. The van der Waals surface area contributed by atoms with Crippen LogP contribution in [-0.2, 0) is 6.42 Å². The van der Waals surface area contributed by atoms with Crippen LogP contribution in [0.4, 0.5) is 13.2 Å². The Morgan fingerprint density at radius 2 is 1.82 bits per heavy atom. The average molecular weight is 455 g/mol. The first-order chi connectivity index (χ1) is 15.7. The number of Topliss-reactive ketones (excluding diaryl/α,β-unsaturated/α-hetero) is 1. The van der Waals surface area contributed by atoms with Crippen LogP contribution in [0.25, 0.3) is 11.3 Å². The number of aromatic nitrogens is 2. The molecule has 0 unspecified atom stereocenters. The molecule has 0 amide bonds. The lowest BCUT2D eigenvalue weighted by Gasteiger charge is -2.32. The number of carbonyl (C=O) groups is 1. The van der Waals surface area contributed by atoms with E-state index in [-0.39, 0.29) is 24.1 Å². The molecule has 1 fully saturated rings. The summed E-state index contributed by atoms with van der Waals surface area (Å²) in [5, 5.41) is 9.35. The van der Waals surface area contributed by atoms with Crippen molar-refractivity contribution in [3.05, 3.63) is 77.0 Å². The molecule has 1 aliphatic carbocycles. The summed E-state index contributed by atoms with van der Waals surface area (Å²) >= 11 is 0. The third-order valence-corrected chi connectivity index (χ3v) is 6.11. The third kappa shape index (κ3) is 4.90. The zero-order valence-corrected chi connectivity index (χ0v) is 18.1. The Morgan fingerprint density at radius 1 is 1.09 bits per heavy atom. The summed E-state index contributed by atoms with van der Waals surface area (Å²) in [6, 6.07) is 5.44. The molecule has 3 atom stereocenters. The maximum atomic E-state index is 14.4. The fraction of sp³-hybridized carbons (Fsp3) is 0.320. The Bertz CT molecular complexity index is 1170. The highest BCUT2D eigenvalue weighted by atomic mass is 19.1. The van der Waals surface area contributed by atoms with Crippen molar-refractivity contribution < 1.29 is 23.1 Å². The van der Waals surface area contributed by atoms with E-state index in [1.807, 2.05) is 6.07 Å². The summed E-state index contributed by atoms with van der Waals surface area (Å²) in [7, 11) is 0. The van der Waals surface area contributed by atoms with Gasteiger partial charge in [0.05, 0.1) is 5.56 Å². The van der Waals surface area contributed by atoms with E-state index in [2.05, 4.69) is 16.9 Å². The van der Waals surface area contributed by atoms with Crippen LogP contribution in [0.2, 0.25) is 0 Å². The first kappa shape index (κ1) is 22.9. The molecule has 33 heavy (non-hydrogen) atoms. The summed E-state index contributed by atoms with van der Waals surface area (Å²) in [4.78, 5) is 21.1. The van der Waals surface area contributed by atoms with Gasteiger partial charge in [0.1, 0.15) is 34.6 Å². The van der Waals surface area contributed by atoms with E-state index in [0.29, 0.717) is 18.1 Å². The van der Waals surface area contributed by atoms with Crippen molar-refractivity contribution in [3.8, 4) is 17.0 Å². The molecule has 1 aliphatic rings. The predicted octanol–water partition coefficient (Wildman–Crippen LogP) is 4.92. The number of nitrogens with two attached hydrogens (primary N) is 1. The highest BCUT2D eigenvalue weighted by Crippen LogP contribution is 2.37. The number of aromatic hydroxyl groups is 1. The van der Waals surface area contributed by atoms with Crippen molar-refractivity contribution in [2.75, 3.05) is 0 Å². The Labute approximate surface area is 189 Å². The van der Waals surface area contributed by atoms with Crippen molar-refractivity contribution >= 4 is 5.78 Å². The van der Waals surface area contributed by atoms with Crippen LogP contribution in [0.3, 0.4) is 0 Å². The maximum Gasteiger partial charge on any atom is 0.185 e. The van der Waals surface area contributed by atoms with Gasteiger partial charge >= 0.3 is 0 Å². The van der Waals surface area contributed by atoms with Crippen molar-refractivity contribution in [1.29, 1.82) is 0 Å². The number of nitrogens with zero attached hydrogens (tertiary/aromatic N) is 2. The van der Waals surface area contributed by atoms with Gasteiger partial charge in [-0.3, -0.25) is 9.78 Å². The van der Waals surface area contributed by atoms with Gasteiger partial charge in [-0.1, -0.05) is 6.92 Å². The standard InChI is InChI=1S/C25H24F3N3O2/c1-13-6-14(8-16(29)7-13)18-4-5-30-12-15(18)9-23(33)22-3-2-19(26)25(31-22)24-20(27)10-17(32)11-21(24)28/h2-5,10-14,16,32H,6-9,29H2,1H3/t13-,14+,16-/m0/s1. The summed E-state index contributed by atoms with van der Waals surface area (Å²) in [5.41, 5.74) is 6.44. The van der Waals surface area contributed by atoms with Crippen molar-refractivity contribution in [2.45, 2.75) is 44.6 Å². The largest absolute Gasteiger partial charge is 0.508 e. The maximum absolute atomic E-state index is 14.4. The van der Waals surface area contributed by atoms with Crippen molar-refractivity contribution in [1.82, 2.24) is 9.97 Å². The van der Waals surface area contributed by atoms with Crippen LogP contribution in [-0.4, -0.2) is 26.9 Å². The van der Waals surface area contributed by atoms with E-state index in [1.165, 1.54) is 6.07 Å². The smallest absolute Gasteiger partial charge is 0.185 e. The summed E-state index contributed by atoms with van der Waals surface area (Å²) in [6.07, 6.45) is 6.00. The number of carbonyl (C=O) groups excluding carboxylic acids is 1. The number of ketones is 1. The molecule has 8 heteroatoms. The van der Waals surface area contributed by atoms with Gasteiger partial charge in [-0.25, -0.2) is 18.2 Å². The van der Waals surface area contributed by atoms with Crippen molar-refractivity contribution in [2.24, 2.45) is 11.7 Å². The predicted molar refractivity (Wildman–Crippen MR) is 117 cm³/mol. The van der Waals surface area contributed by atoms with Gasteiger partial charge in [-0.2, -0.15) is 0 Å². The molecule has 0 spiro atoms. The van der Waals surface area contributed by atoms with Crippen LogP contribution in [0.15, 0.2) is 42.7 Å². The van der Waals surface area contributed by atoms with Gasteiger partial charge in [0, 0.05) is 37.0 Å². The van der Waals surface area contributed by atoms with Crippen LogP contribution >= 0.6 is 0 Å². The molecule has 0 aliphatic heterocycles. The topological polar surface area (TPSA) is 89.1 Å². The number of hydrogen-bond donors (Lipinski definition) is 2. The quantitative estimate of drug-likeness (QED) is 0.533. The SMILES string of the molecule is C[C@@H]1C[C@H](N)C[C@H](c2ccncc2CC(=O)c2ccc(F)c(-c3c(F)cc(O)cc3F)n2)C1. The minimum Gasteiger partial charge on any atom is -0.508 e. The molecule has 0 bridgehead atoms. The zero-order valence-electron chi connectivity index (χ0n) is 18.1. The number of pyridine rings is 2. The number of rotatable bonds is 5. The van der Waals surface area contributed by atoms with Gasteiger partial charge in [0.15, 0.2) is 5.78 Å². The minimum atomic E-state index is -1.18. The highest BCUT2D eigenvalue weighted by Gasteiger charge is 2.28. The Balaban J connectivity index is 1.64. The van der Waals surface area contributed by atoms with E-state index >= 15 is 0 Å². The molecule has 172 valence electrons. The molecular weight excluding hydrogens is 431 g/mol. The van der Waals surface area contributed by atoms with E-state index in [1.54, 1.807) is 12.4 Å². The minimum absolute atomic E-state index is 0.0398. The third-order valence-electron chi connectivity index (χ3n) is 6.11. The molecular formula is C25H24F3N3O2. The Hall–Kier alpha value is -3.26. The normalized spacial score (nSPS) is 20.6. The summed E-state index contributed by atoms with van der Waals surface area (Å²) in [6.45, 7) is 2.16. The van der Waals surface area contributed by atoms with E-state index in [9.17, 15) is 23.1 Å². The van der Waals surface area contributed by atoms with Crippen LogP contribution in [0, 0.1) is 23.4 Å². The molecule has 4 rings (SSSR count). The zero-order chi connectivity index (χ0) is 23.7. The number of phenolic OH excluding ortho intramolecular Hbond substituents is 1. The number of benzene rings is 1. The monoisotopic (exact) mass is 455 g/mol. The molecule has 1 aromatic carbocycles. The lowest BCUT2D eigenvalue weighted by molar-refractivity contribution is 0.0987. The first-order valence-electron chi connectivity index (χ1n) is 10.8. The molecule has 5 nitrogen and oxygen atoms in total. The summed E-state index contributed by atoms with van der Waals surface area (Å²) < 4.78 is 42.9. The van der Waals surface area contributed by atoms with E-state index < -0.39 is 40.2 Å². The molecule has 3 N–H and O–H groups in total. The van der Waals surface area contributed by atoms with Crippen LogP contribution in [0.1, 0.15) is 53.7 Å². The van der Waals surface area contributed by atoms with Crippen molar-refractivity contribution in [3.63, 3.8) is 0 Å². The highest BCUT2D eigenvalue weighted by molar-refractivity contribution is 5.96. The Kier molecular flexibility index (Phi) is 6.47. The van der Waals surface area contributed by atoms with Gasteiger partial charge in [0.25, 0.3) is 0 Å². The van der Waals surface area contributed by atoms with Gasteiger partial charge in [-0.05, 0) is 60.4 Å². The molecule has 2 heterocycles. The van der Waals surface area contributed by atoms with Gasteiger partial charge < -0.3 is 10.8 Å². The fourth-order valence-corrected chi connectivity index (χ4v) is 4.72. The molecule has 0 saturated heterocycles. The summed E-state index contributed by atoms with van der Waals surface area (Å²) in [5.74, 6) is -3.75. The molecule has 3 aromatic rings. The second kappa shape index (κ2) is 9.31. The average Bonchev–Trinajstić information content (AvgIpc) is 2.74. The van der Waals surface area contributed by atoms with Crippen LogP contribution in [0.5, 0.6) is 5.75 Å². The molecule has 2 aromatic heterocycles. The number of phenols is 1. The van der Waals surface area contributed by atoms with E-state index in [4.69, 9.17) is 5.73 Å². The lowest BCUT2D eigenvalue weighted by atomic mass is 9.75. The van der Waals surface area contributed by atoms with Gasteiger partial charge in [-0.15, -0.1) is 0 Å². The first-order valence-corrected chi connectivity index (χ1v) is 10.8. The van der Waals surface area contributed by atoms with Gasteiger partial charge in [0.2, 0.25) is 0 Å². The van der Waals surface area contributed by atoms with Crippen LogP contribution < -0.4 is 5.73 Å². The number of hydrogen-bond acceptors (Lipinski definition) is 5. The molecule has 1 saturated carbocycles. The number of halogens is 3. The van der Waals surface area contributed by atoms with E-state index in [0.717, 1.165) is 36.5 Å². The molecule has 0 radical (unpaired) electrons. The lowest BCUT2D eigenvalue weighted by Crippen LogP contribution is -2.31. The Morgan fingerprint density at radius 3 is 2.52 bits per heavy atom. The second-order valence-electron chi connectivity index (χ2n) is 8.76. The second-order valence-corrected chi connectivity index (χ2v) is 8.76.